The Morgan fingerprint density at radius 3 is 2.16 bits per heavy atom. The van der Waals surface area contributed by atoms with Crippen molar-refractivity contribution in [3.05, 3.63) is 23.3 Å². The molecule has 1 atom stereocenters. The van der Waals surface area contributed by atoms with Crippen LogP contribution in [0.15, 0.2) is 12.1 Å². The van der Waals surface area contributed by atoms with Crippen LogP contribution in [0.25, 0.3) is 0 Å². The zero-order valence-corrected chi connectivity index (χ0v) is 11.8. The number of rotatable bonds is 6. The summed E-state index contributed by atoms with van der Waals surface area (Å²) in [6.07, 6.45) is -0.139. The lowest BCUT2D eigenvalue weighted by Gasteiger charge is -2.19. The van der Waals surface area contributed by atoms with E-state index >= 15 is 0 Å². The third-order valence-electron chi connectivity index (χ3n) is 3.00. The molecule has 0 amide bonds. The van der Waals surface area contributed by atoms with E-state index in [0.717, 1.165) is 11.3 Å². The lowest BCUT2D eigenvalue weighted by Crippen LogP contribution is -2.16. The van der Waals surface area contributed by atoms with E-state index in [4.69, 9.17) is 20.3 Å². The van der Waals surface area contributed by atoms with Crippen LogP contribution < -0.4 is 15.2 Å². The van der Waals surface area contributed by atoms with Crippen molar-refractivity contribution in [3.8, 4) is 11.5 Å². The summed E-state index contributed by atoms with van der Waals surface area (Å²) in [4.78, 5) is 10.8. The van der Waals surface area contributed by atoms with E-state index in [9.17, 15) is 4.79 Å². The Morgan fingerprint density at radius 1 is 1.21 bits per heavy atom. The molecule has 0 bridgehead atoms. The first-order chi connectivity index (χ1) is 8.90. The van der Waals surface area contributed by atoms with Gasteiger partial charge in [-0.05, 0) is 17.5 Å². The summed E-state index contributed by atoms with van der Waals surface area (Å²) >= 11 is 0. The molecule has 106 valence electrons. The first-order valence-corrected chi connectivity index (χ1v) is 6.13. The Hall–Kier alpha value is -1.75. The summed E-state index contributed by atoms with van der Waals surface area (Å²) < 4.78 is 10.6. The third kappa shape index (κ3) is 3.61. The molecule has 0 radical (unpaired) electrons. The number of hydrogen-bond acceptors (Lipinski definition) is 4. The second kappa shape index (κ2) is 6.43. The number of carbonyl (C=O) groups is 1. The molecule has 0 saturated heterocycles. The Labute approximate surface area is 113 Å². The number of ether oxygens (including phenoxy) is 2. The second-order valence-electron chi connectivity index (χ2n) is 4.70. The summed E-state index contributed by atoms with van der Waals surface area (Å²) in [5.41, 5.74) is 7.61. The zero-order chi connectivity index (χ0) is 14.6. The molecule has 0 heterocycles. The van der Waals surface area contributed by atoms with Crippen LogP contribution in [-0.2, 0) is 4.79 Å². The highest BCUT2D eigenvalue weighted by Gasteiger charge is 2.19. The maximum atomic E-state index is 10.8. The van der Waals surface area contributed by atoms with Gasteiger partial charge in [-0.15, -0.1) is 0 Å². The minimum Gasteiger partial charge on any atom is -0.496 e. The maximum Gasteiger partial charge on any atom is 0.305 e. The van der Waals surface area contributed by atoms with Gasteiger partial charge in [0, 0.05) is 17.7 Å². The van der Waals surface area contributed by atoms with Crippen LogP contribution in [0.3, 0.4) is 0 Å². The molecule has 0 aromatic heterocycles. The van der Waals surface area contributed by atoms with Crippen molar-refractivity contribution in [1.82, 2.24) is 0 Å². The van der Waals surface area contributed by atoms with Gasteiger partial charge in [0.1, 0.15) is 11.5 Å². The number of methoxy groups -OCH3 is 2. The highest BCUT2D eigenvalue weighted by atomic mass is 16.5. The van der Waals surface area contributed by atoms with E-state index in [2.05, 4.69) is 0 Å². The van der Waals surface area contributed by atoms with Crippen LogP contribution in [0, 0.1) is 0 Å². The van der Waals surface area contributed by atoms with E-state index in [1.807, 2.05) is 19.9 Å². The number of hydrogen-bond donors (Lipinski definition) is 2. The molecule has 0 spiro atoms. The molecule has 0 saturated carbocycles. The van der Waals surface area contributed by atoms with Gasteiger partial charge in [-0.3, -0.25) is 4.79 Å². The molecular formula is C14H21NO4. The predicted octanol–water partition coefficient (Wildman–Crippen LogP) is 2.30. The predicted molar refractivity (Wildman–Crippen MR) is 72.8 cm³/mol. The molecule has 1 aromatic carbocycles. The summed E-state index contributed by atoms with van der Waals surface area (Å²) in [5.74, 6) is 0.584. The molecule has 1 aromatic rings. The summed E-state index contributed by atoms with van der Waals surface area (Å²) in [7, 11) is 3.12. The number of benzene rings is 1. The number of carboxylic acids is 1. The van der Waals surface area contributed by atoms with Crippen LogP contribution in [0.5, 0.6) is 11.5 Å². The average Bonchev–Trinajstić information content (AvgIpc) is 2.35. The molecule has 5 heteroatoms. The van der Waals surface area contributed by atoms with Gasteiger partial charge in [-0.25, -0.2) is 0 Å². The minimum absolute atomic E-state index is 0.139. The van der Waals surface area contributed by atoms with Gasteiger partial charge >= 0.3 is 5.97 Å². The number of aliphatic carboxylic acids is 1. The minimum atomic E-state index is -0.934. The molecule has 5 nitrogen and oxygen atoms in total. The van der Waals surface area contributed by atoms with Crippen molar-refractivity contribution < 1.29 is 19.4 Å². The molecule has 1 unspecified atom stereocenters. The molecule has 3 N–H and O–H groups in total. The van der Waals surface area contributed by atoms with Gasteiger partial charge in [-0.2, -0.15) is 0 Å². The third-order valence-corrected chi connectivity index (χ3v) is 3.00. The highest BCUT2D eigenvalue weighted by molar-refractivity contribution is 5.68. The summed E-state index contributed by atoms with van der Waals surface area (Å²) in [5, 5.41) is 8.84. The lowest BCUT2D eigenvalue weighted by molar-refractivity contribution is -0.137. The van der Waals surface area contributed by atoms with Gasteiger partial charge in [0.25, 0.3) is 0 Å². The van der Waals surface area contributed by atoms with Crippen molar-refractivity contribution in [2.75, 3.05) is 14.2 Å². The number of carboxylic acid groups (broad SMARTS) is 1. The van der Waals surface area contributed by atoms with Gasteiger partial charge in [0.2, 0.25) is 0 Å². The quantitative estimate of drug-likeness (QED) is 0.826. The van der Waals surface area contributed by atoms with Gasteiger partial charge in [0.05, 0.1) is 20.6 Å². The Morgan fingerprint density at radius 2 is 1.74 bits per heavy atom. The monoisotopic (exact) mass is 267 g/mol. The van der Waals surface area contributed by atoms with Crippen LogP contribution in [0.2, 0.25) is 0 Å². The fourth-order valence-corrected chi connectivity index (χ4v) is 1.99. The van der Waals surface area contributed by atoms with Gasteiger partial charge in [0.15, 0.2) is 0 Å². The Kier molecular flexibility index (Phi) is 5.18. The Balaban J connectivity index is 3.28. The average molecular weight is 267 g/mol. The number of nitrogens with two attached hydrogens (primary N) is 1. The van der Waals surface area contributed by atoms with Gasteiger partial charge < -0.3 is 20.3 Å². The van der Waals surface area contributed by atoms with Crippen LogP contribution in [0.4, 0.5) is 0 Å². The molecular weight excluding hydrogens is 246 g/mol. The normalized spacial score (nSPS) is 12.3. The van der Waals surface area contributed by atoms with Crippen molar-refractivity contribution in [2.24, 2.45) is 5.73 Å². The van der Waals surface area contributed by atoms with E-state index < -0.39 is 12.0 Å². The van der Waals surface area contributed by atoms with Gasteiger partial charge in [-0.1, -0.05) is 13.8 Å². The molecule has 19 heavy (non-hydrogen) atoms. The van der Waals surface area contributed by atoms with Crippen LogP contribution in [-0.4, -0.2) is 25.3 Å². The summed E-state index contributed by atoms with van der Waals surface area (Å²) in [6, 6.07) is 3.03. The molecule has 1 rings (SSSR count). The SMILES string of the molecule is COc1cc(OC)c(C(N)CC(=O)O)cc1C(C)C. The topological polar surface area (TPSA) is 81.8 Å². The molecule has 0 aliphatic rings. The van der Waals surface area contributed by atoms with Crippen molar-refractivity contribution >= 4 is 5.97 Å². The lowest BCUT2D eigenvalue weighted by atomic mass is 9.95. The first kappa shape index (κ1) is 15.3. The smallest absolute Gasteiger partial charge is 0.305 e. The standard InChI is InChI=1S/C14H21NO4/c1-8(2)9-5-10(11(15)6-14(16)17)13(19-4)7-12(9)18-3/h5,7-8,11H,6,15H2,1-4H3,(H,16,17). The summed E-state index contributed by atoms with van der Waals surface area (Å²) in [6.45, 7) is 4.08. The van der Waals surface area contributed by atoms with Crippen molar-refractivity contribution in [3.63, 3.8) is 0 Å². The zero-order valence-electron chi connectivity index (χ0n) is 11.8. The van der Waals surface area contributed by atoms with E-state index in [1.54, 1.807) is 13.2 Å². The maximum absolute atomic E-state index is 10.8. The van der Waals surface area contributed by atoms with E-state index in [1.165, 1.54) is 7.11 Å². The van der Waals surface area contributed by atoms with E-state index in [-0.39, 0.29) is 12.3 Å². The molecule has 0 aliphatic carbocycles. The molecule has 0 aliphatic heterocycles. The van der Waals surface area contributed by atoms with Crippen LogP contribution >= 0.6 is 0 Å². The fourth-order valence-electron chi connectivity index (χ4n) is 1.99. The largest absolute Gasteiger partial charge is 0.496 e. The highest BCUT2D eigenvalue weighted by Crippen LogP contribution is 2.36. The van der Waals surface area contributed by atoms with Crippen LogP contribution in [0.1, 0.15) is 43.4 Å². The van der Waals surface area contributed by atoms with E-state index in [0.29, 0.717) is 11.3 Å². The fraction of sp³-hybridized carbons (Fsp3) is 0.500. The first-order valence-electron chi connectivity index (χ1n) is 6.13. The Bertz CT molecular complexity index is 457. The molecule has 0 fully saturated rings. The van der Waals surface area contributed by atoms with Crippen molar-refractivity contribution in [2.45, 2.75) is 32.2 Å². The second-order valence-corrected chi connectivity index (χ2v) is 4.70. The van der Waals surface area contributed by atoms with Crippen molar-refractivity contribution in [1.29, 1.82) is 0 Å².